The molecule has 0 aromatic heterocycles. The van der Waals surface area contributed by atoms with Crippen molar-refractivity contribution in [3.05, 3.63) is 88.5 Å². The number of hydrogen-bond donors (Lipinski definition) is 2. The zero-order chi connectivity index (χ0) is 21.1. The van der Waals surface area contributed by atoms with Crippen molar-refractivity contribution >= 4 is 11.8 Å². The SMILES string of the molecule is Cc1c(N)ccc(C#CCNC(=O)OCC2c3ccccc3-c3ccccc32)c1C. The molecule has 3 aromatic rings. The van der Waals surface area contributed by atoms with Crippen LogP contribution in [0.3, 0.4) is 0 Å². The summed E-state index contributed by atoms with van der Waals surface area (Å²) in [5.74, 6) is 6.11. The third kappa shape index (κ3) is 3.75. The molecule has 4 heteroatoms. The number of ether oxygens (including phenoxy) is 1. The first kappa shape index (κ1) is 19.6. The minimum Gasteiger partial charge on any atom is -0.449 e. The summed E-state index contributed by atoms with van der Waals surface area (Å²) in [6.07, 6.45) is -0.462. The van der Waals surface area contributed by atoms with Gasteiger partial charge in [0.25, 0.3) is 0 Å². The first-order chi connectivity index (χ1) is 14.6. The third-order valence-electron chi connectivity index (χ3n) is 5.72. The summed E-state index contributed by atoms with van der Waals surface area (Å²) in [5, 5.41) is 2.71. The van der Waals surface area contributed by atoms with Gasteiger partial charge in [-0.15, -0.1) is 0 Å². The maximum Gasteiger partial charge on any atom is 0.407 e. The quantitative estimate of drug-likeness (QED) is 0.495. The molecular weight excluding hydrogens is 372 g/mol. The molecule has 30 heavy (non-hydrogen) atoms. The molecular formula is C26H24N2O2. The lowest BCUT2D eigenvalue weighted by Gasteiger charge is -2.14. The number of hydrogen-bond acceptors (Lipinski definition) is 3. The van der Waals surface area contributed by atoms with E-state index in [-0.39, 0.29) is 12.5 Å². The lowest BCUT2D eigenvalue weighted by atomic mass is 9.98. The molecule has 1 aliphatic rings. The highest BCUT2D eigenvalue weighted by Crippen LogP contribution is 2.44. The Morgan fingerprint density at radius 1 is 0.967 bits per heavy atom. The van der Waals surface area contributed by atoms with E-state index in [1.54, 1.807) is 0 Å². The molecule has 0 fully saturated rings. The highest BCUT2D eigenvalue weighted by atomic mass is 16.5. The van der Waals surface area contributed by atoms with E-state index in [0.29, 0.717) is 6.61 Å². The third-order valence-corrected chi connectivity index (χ3v) is 5.72. The molecule has 0 spiro atoms. The maximum absolute atomic E-state index is 12.2. The van der Waals surface area contributed by atoms with E-state index < -0.39 is 6.09 Å². The minimum absolute atomic E-state index is 0.0506. The number of alkyl carbamates (subject to hydrolysis) is 1. The molecule has 3 N–H and O–H groups in total. The fourth-order valence-corrected chi connectivity index (χ4v) is 3.88. The van der Waals surface area contributed by atoms with Crippen LogP contribution in [0.5, 0.6) is 0 Å². The number of rotatable bonds is 3. The van der Waals surface area contributed by atoms with Crippen molar-refractivity contribution in [1.29, 1.82) is 0 Å². The van der Waals surface area contributed by atoms with Gasteiger partial charge in [-0.1, -0.05) is 60.4 Å². The number of benzene rings is 3. The number of amides is 1. The average Bonchev–Trinajstić information content (AvgIpc) is 3.09. The van der Waals surface area contributed by atoms with E-state index in [2.05, 4.69) is 41.4 Å². The minimum atomic E-state index is -0.462. The van der Waals surface area contributed by atoms with Gasteiger partial charge in [0.1, 0.15) is 6.61 Å². The predicted molar refractivity (Wildman–Crippen MR) is 120 cm³/mol. The summed E-state index contributed by atoms with van der Waals surface area (Å²) in [4.78, 5) is 12.2. The number of carbonyl (C=O) groups is 1. The highest BCUT2D eigenvalue weighted by molar-refractivity contribution is 5.79. The summed E-state index contributed by atoms with van der Waals surface area (Å²) in [7, 11) is 0. The van der Waals surface area contributed by atoms with Crippen LogP contribution in [-0.2, 0) is 4.74 Å². The molecule has 0 radical (unpaired) electrons. The van der Waals surface area contributed by atoms with Gasteiger partial charge in [-0.2, -0.15) is 0 Å². The van der Waals surface area contributed by atoms with Gasteiger partial charge in [-0.3, -0.25) is 0 Å². The summed E-state index contributed by atoms with van der Waals surface area (Å²) < 4.78 is 5.52. The Hall–Kier alpha value is -3.71. The maximum atomic E-state index is 12.2. The van der Waals surface area contributed by atoms with Crippen molar-refractivity contribution < 1.29 is 9.53 Å². The number of nitrogen functional groups attached to an aromatic ring is 1. The molecule has 0 atom stereocenters. The molecule has 0 bridgehead atoms. The molecule has 1 aliphatic carbocycles. The van der Waals surface area contributed by atoms with Crippen LogP contribution in [-0.4, -0.2) is 19.2 Å². The Bertz CT molecular complexity index is 1130. The zero-order valence-electron chi connectivity index (χ0n) is 17.2. The molecule has 0 heterocycles. The van der Waals surface area contributed by atoms with Crippen LogP contribution in [0.25, 0.3) is 11.1 Å². The summed E-state index contributed by atoms with van der Waals surface area (Å²) in [5.41, 5.74) is 14.5. The molecule has 0 saturated carbocycles. The number of anilines is 1. The Morgan fingerprint density at radius 2 is 1.60 bits per heavy atom. The van der Waals surface area contributed by atoms with Crippen molar-refractivity contribution in [2.45, 2.75) is 19.8 Å². The van der Waals surface area contributed by atoms with Crippen molar-refractivity contribution in [2.24, 2.45) is 0 Å². The number of nitrogens with one attached hydrogen (secondary N) is 1. The van der Waals surface area contributed by atoms with Crippen LogP contribution in [0.15, 0.2) is 60.7 Å². The monoisotopic (exact) mass is 396 g/mol. The highest BCUT2D eigenvalue weighted by Gasteiger charge is 2.28. The van der Waals surface area contributed by atoms with Crippen LogP contribution in [0.4, 0.5) is 10.5 Å². The first-order valence-electron chi connectivity index (χ1n) is 9.99. The van der Waals surface area contributed by atoms with E-state index in [9.17, 15) is 4.79 Å². The number of carbonyl (C=O) groups excluding carboxylic acids is 1. The van der Waals surface area contributed by atoms with Gasteiger partial charge in [0.15, 0.2) is 0 Å². The average molecular weight is 396 g/mol. The second-order valence-corrected chi connectivity index (χ2v) is 7.43. The van der Waals surface area contributed by atoms with Crippen LogP contribution in [0.1, 0.15) is 33.7 Å². The summed E-state index contributed by atoms with van der Waals surface area (Å²) in [6, 6.07) is 20.3. The second-order valence-electron chi connectivity index (χ2n) is 7.43. The molecule has 0 unspecified atom stereocenters. The van der Waals surface area contributed by atoms with Crippen molar-refractivity contribution in [3.63, 3.8) is 0 Å². The van der Waals surface area contributed by atoms with Crippen molar-refractivity contribution in [2.75, 3.05) is 18.9 Å². The van der Waals surface area contributed by atoms with Crippen LogP contribution >= 0.6 is 0 Å². The van der Waals surface area contributed by atoms with E-state index >= 15 is 0 Å². The smallest absolute Gasteiger partial charge is 0.407 e. The number of nitrogens with two attached hydrogens (primary N) is 1. The first-order valence-corrected chi connectivity index (χ1v) is 9.99. The Balaban J connectivity index is 1.36. The summed E-state index contributed by atoms with van der Waals surface area (Å²) in [6.45, 7) is 4.49. The largest absolute Gasteiger partial charge is 0.449 e. The van der Waals surface area contributed by atoms with Gasteiger partial charge in [-0.25, -0.2) is 4.79 Å². The van der Waals surface area contributed by atoms with Crippen molar-refractivity contribution in [3.8, 4) is 23.0 Å². The molecule has 4 rings (SSSR count). The van der Waals surface area contributed by atoms with Gasteiger partial charge >= 0.3 is 6.09 Å². The lowest BCUT2D eigenvalue weighted by Crippen LogP contribution is -2.26. The molecule has 150 valence electrons. The van der Waals surface area contributed by atoms with Crippen LogP contribution < -0.4 is 11.1 Å². The van der Waals surface area contributed by atoms with E-state index in [0.717, 1.165) is 22.4 Å². The molecule has 0 saturated heterocycles. The Kier molecular flexibility index (Phi) is 5.45. The molecule has 3 aromatic carbocycles. The van der Waals surface area contributed by atoms with Gasteiger partial charge in [0.2, 0.25) is 0 Å². The molecule has 1 amide bonds. The van der Waals surface area contributed by atoms with Gasteiger partial charge in [0, 0.05) is 17.2 Å². The zero-order valence-corrected chi connectivity index (χ0v) is 17.2. The predicted octanol–water partition coefficient (Wildman–Crippen LogP) is 4.78. The summed E-state index contributed by atoms with van der Waals surface area (Å²) >= 11 is 0. The van der Waals surface area contributed by atoms with E-state index in [4.69, 9.17) is 10.5 Å². The van der Waals surface area contributed by atoms with Gasteiger partial charge in [0.05, 0.1) is 6.54 Å². The lowest BCUT2D eigenvalue weighted by molar-refractivity contribution is 0.144. The van der Waals surface area contributed by atoms with Crippen LogP contribution in [0, 0.1) is 25.7 Å². The topological polar surface area (TPSA) is 64.3 Å². The Labute approximate surface area is 177 Å². The molecule has 4 nitrogen and oxygen atoms in total. The second kappa shape index (κ2) is 8.34. The Morgan fingerprint density at radius 3 is 2.27 bits per heavy atom. The van der Waals surface area contributed by atoms with Gasteiger partial charge in [-0.05, 0) is 59.4 Å². The standard InChI is InChI=1S/C26H24N2O2/c1-17-18(2)25(27)14-13-19(17)8-7-15-28-26(29)30-16-24-22-11-5-3-9-20(22)21-10-4-6-12-23(21)24/h3-6,9-14,24H,15-16,27H2,1-2H3,(H,28,29). The van der Waals surface area contributed by atoms with E-state index in [1.165, 1.54) is 22.3 Å². The molecule has 0 aliphatic heterocycles. The van der Waals surface area contributed by atoms with Crippen LogP contribution in [0.2, 0.25) is 0 Å². The fourth-order valence-electron chi connectivity index (χ4n) is 3.88. The normalized spacial score (nSPS) is 11.8. The fraction of sp³-hybridized carbons (Fsp3) is 0.192. The van der Waals surface area contributed by atoms with E-state index in [1.807, 2.05) is 50.2 Å². The van der Waals surface area contributed by atoms with Crippen molar-refractivity contribution in [1.82, 2.24) is 5.32 Å². The van der Waals surface area contributed by atoms with Gasteiger partial charge < -0.3 is 15.8 Å². The number of fused-ring (bicyclic) bond motifs is 3.